The van der Waals surface area contributed by atoms with E-state index in [1.165, 1.54) is 38.5 Å². The molecule has 0 amide bonds. The van der Waals surface area contributed by atoms with Crippen molar-refractivity contribution in [2.24, 2.45) is 5.73 Å². The summed E-state index contributed by atoms with van der Waals surface area (Å²) in [6.45, 7) is 3.94. The highest BCUT2D eigenvalue weighted by molar-refractivity contribution is 5.81. The van der Waals surface area contributed by atoms with Crippen molar-refractivity contribution >= 4 is 16.9 Å². The van der Waals surface area contributed by atoms with Gasteiger partial charge in [0, 0.05) is 37.3 Å². The Hall–Kier alpha value is -2.63. The van der Waals surface area contributed by atoms with Crippen molar-refractivity contribution in [3.8, 4) is 0 Å². The van der Waals surface area contributed by atoms with Crippen molar-refractivity contribution in [3.63, 3.8) is 0 Å². The van der Waals surface area contributed by atoms with E-state index in [9.17, 15) is 4.79 Å². The Morgan fingerprint density at radius 1 is 0.865 bits per heavy atom. The van der Waals surface area contributed by atoms with Crippen molar-refractivity contribution < 1.29 is 14.3 Å². The quantitative estimate of drug-likeness (QED) is 0.103. The van der Waals surface area contributed by atoms with Crippen LogP contribution in [0.3, 0.4) is 0 Å². The van der Waals surface area contributed by atoms with Gasteiger partial charge in [-0.05, 0) is 62.5 Å². The number of fused-ring (bicyclic) bond motifs is 1. The summed E-state index contributed by atoms with van der Waals surface area (Å²) in [6, 6.07) is 9.38. The maximum atomic E-state index is 12.1. The molecule has 0 saturated carbocycles. The zero-order chi connectivity index (χ0) is 26.4. The number of carbonyl (C=O) groups excluding carboxylic acids is 1. The van der Waals surface area contributed by atoms with E-state index in [2.05, 4.69) is 48.4 Å². The first-order chi connectivity index (χ1) is 18.2. The fourth-order valence-corrected chi connectivity index (χ4v) is 4.04. The van der Waals surface area contributed by atoms with E-state index in [1.807, 2.05) is 30.3 Å². The van der Waals surface area contributed by atoms with E-state index >= 15 is 0 Å². The predicted molar refractivity (Wildman–Crippen MR) is 156 cm³/mol. The highest BCUT2D eigenvalue weighted by atomic mass is 16.5. The molecule has 3 N–H and O–H groups in total. The zero-order valence-electron chi connectivity index (χ0n) is 22.8. The molecule has 0 bridgehead atoms. The van der Waals surface area contributed by atoms with Crippen LogP contribution in [0.25, 0.3) is 10.9 Å². The van der Waals surface area contributed by atoms with Gasteiger partial charge in [-0.15, -0.1) is 0 Å². The van der Waals surface area contributed by atoms with E-state index in [0.717, 1.165) is 48.9 Å². The number of aromatic amines is 1. The number of hydrogen-bond acceptors (Lipinski definition) is 4. The van der Waals surface area contributed by atoms with Crippen LogP contribution in [0.1, 0.15) is 83.2 Å². The number of esters is 1. The largest absolute Gasteiger partial charge is 0.464 e. The summed E-state index contributed by atoms with van der Waals surface area (Å²) in [6.07, 6.45) is 26.5. The van der Waals surface area contributed by atoms with Crippen molar-refractivity contribution in [3.05, 3.63) is 72.5 Å². The molecule has 2 rings (SSSR count). The molecule has 0 radical (unpaired) electrons. The lowest BCUT2D eigenvalue weighted by Crippen LogP contribution is -2.34. The summed E-state index contributed by atoms with van der Waals surface area (Å²) in [7, 11) is 0. The molecule has 0 aliphatic rings. The molecule has 1 atom stereocenters. The first kappa shape index (κ1) is 30.6. The second-order valence-corrected chi connectivity index (χ2v) is 9.56. The van der Waals surface area contributed by atoms with Gasteiger partial charge in [0.1, 0.15) is 6.04 Å². The molecular weight excluding hydrogens is 460 g/mol. The number of nitrogens with two attached hydrogens (primary N) is 1. The van der Waals surface area contributed by atoms with E-state index in [4.69, 9.17) is 15.2 Å². The lowest BCUT2D eigenvalue weighted by molar-refractivity contribution is -0.145. The van der Waals surface area contributed by atoms with Gasteiger partial charge in [0.2, 0.25) is 0 Å². The molecule has 1 aromatic heterocycles. The normalized spacial score (nSPS) is 12.9. The van der Waals surface area contributed by atoms with Crippen molar-refractivity contribution in [1.82, 2.24) is 4.98 Å². The molecule has 5 nitrogen and oxygen atoms in total. The molecule has 0 fully saturated rings. The molecule has 1 heterocycles. The molecule has 2 aromatic rings. The van der Waals surface area contributed by atoms with Crippen LogP contribution in [0, 0.1) is 0 Å². The molecule has 0 spiro atoms. The Labute approximate surface area is 224 Å². The Morgan fingerprint density at radius 3 is 2.27 bits per heavy atom. The summed E-state index contributed by atoms with van der Waals surface area (Å²) < 4.78 is 11.0. The summed E-state index contributed by atoms with van der Waals surface area (Å²) in [5, 5.41) is 1.12. The first-order valence-corrected chi connectivity index (χ1v) is 14.2. The number of aromatic nitrogens is 1. The Kier molecular flexibility index (Phi) is 16.9. The maximum absolute atomic E-state index is 12.1. The topological polar surface area (TPSA) is 77.3 Å². The highest BCUT2D eigenvalue weighted by Gasteiger charge is 2.16. The molecule has 5 heteroatoms. The Bertz CT molecular complexity index is 911. The van der Waals surface area contributed by atoms with Crippen LogP contribution in [0.4, 0.5) is 0 Å². The molecule has 37 heavy (non-hydrogen) atoms. The number of nitrogens with one attached hydrogen (secondary N) is 1. The van der Waals surface area contributed by atoms with E-state index in [-0.39, 0.29) is 5.97 Å². The van der Waals surface area contributed by atoms with Gasteiger partial charge in [-0.25, -0.2) is 0 Å². The number of carbonyl (C=O) groups is 1. The van der Waals surface area contributed by atoms with Gasteiger partial charge < -0.3 is 20.2 Å². The molecule has 204 valence electrons. The predicted octanol–water partition coefficient (Wildman–Crippen LogP) is 7.58. The van der Waals surface area contributed by atoms with Gasteiger partial charge >= 0.3 is 5.97 Å². The third-order valence-electron chi connectivity index (χ3n) is 6.18. The van der Waals surface area contributed by atoms with Crippen LogP contribution in [-0.2, 0) is 20.7 Å². The zero-order valence-corrected chi connectivity index (χ0v) is 22.8. The van der Waals surface area contributed by atoms with Gasteiger partial charge in [0.15, 0.2) is 0 Å². The number of para-hydroxylation sites is 1. The highest BCUT2D eigenvalue weighted by Crippen LogP contribution is 2.15. The maximum Gasteiger partial charge on any atom is 0.323 e. The lowest BCUT2D eigenvalue weighted by Gasteiger charge is -2.11. The minimum absolute atomic E-state index is 0.341. The monoisotopic (exact) mass is 508 g/mol. The lowest BCUT2D eigenvalue weighted by atomic mass is 10.1. The van der Waals surface area contributed by atoms with Gasteiger partial charge in [-0.3, -0.25) is 4.79 Å². The van der Waals surface area contributed by atoms with Gasteiger partial charge in [0.25, 0.3) is 0 Å². The van der Waals surface area contributed by atoms with Crippen molar-refractivity contribution in [2.45, 2.75) is 90.0 Å². The minimum atomic E-state index is -0.665. The molecular formula is C32H48N2O3. The Balaban J connectivity index is 1.36. The van der Waals surface area contributed by atoms with Crippen LogP contribution in [0.15, 0.2) is 66.8 Å². The van der Waals surface area contributed by atoms with Crippen molar-refractivity contribution in [1.29, 1.82) is 0 Å². The summed E-state index contributed by atoms with van der Waals surface area (Å²) in [5.41, 5.74) is 8.01. The van der Waals surface area contributed by atoms with Gasteiger partial charge in [0.05, 0.1) is 6.61 Å². The molecule has 0 saturated heterocycles. The number of benzene rings is 1. The van der Waals surface area contributed by atoms with Crippen molar-refractivity contribution in [2.75, 3.05) is 19.8 Å². The number of ether oxygens (including phenoxy) is 2. The summed E-state index contributed by atoms with van der Waals surface area (Å²) in [5.74, 6) is -0.364. The smallest absolute Gasteiger partial charge is 0.323 e. The molecule has 1 unspecified atom stereocenters. The standard InChI is InChI=1S/C32H48N2O3/c1-2-3-4-5-6-7-8-9-10-11-12-13-14-15-16-19-23-36-24-20-25-37-32(35)30(33)27-29-26-28-21-17-18-22-31(28)34-29/h6-7,9-10,12-13,17-18,21-22,26,30,34H,2-5,8,11,14-16,19-20,23-25,27,33H2,1H3/b7-6-,10-9-,13-12-. The third kappa shape index (κ3) is 14.6. The van der Waals surface area contributed by atoms with Crippen LogP contribution >= 0.6 is 0 Å². The third-order valence-corrected chi connectivity index (χ3v) is 6.18. The molecule has 0 aliphatic heterocycles. The second-order valence-electron chi connectivity index (χ2n) is 9.56. The van der Waals surface area contributed by atoms with Crippen LogP contribution in [-0.4, -0.2) is 36.8 Å². The van der Waals surface area contributed by atoms with E-state index < -0.39 is 6.04 Å². The number of rotatable bonds is 21. The van der Waals surface area contributed by atoms with E-state index in [0.29, 0.717) is 26.1 Å². The molecule has 1 aromatic carbocycles. The van der Waals surface area contributed by atoms with Gasteiger partial charge in [-0.1, -0.05) is 80.8 Å². The van der Waals surface area contributed by atoms with Crippen LogP contribution < -0.4 is 5.73 Å². The average Bonchev–Trinajstić information content (AvgIpc) is 3.31. The number of H-pyrrole nitrogens is 1. The number of allylic oxidation sites excluding steroid dienone is 6. The number of unbranched alkanes of at least 4 members (excludes halogenated alkanes) is 6. The Morgan fingerprint density at radius 2 is 1.54 bits per heavy atom. The molecule has 0 aliphatic carbocycles. The average molecular weight is 509 g/mol. The fourth-order valence-electron chi connectivity index (χ4n) is 4.04. The van der Waals surface area contributed by atoms with Crippen LogP contribution in [0.5, 0.6) is 0 Å². The summed E-state index contributed by atoms with van der Waals surface area (Å²) >= 11 is 0. The minimum Gasteiger partial charge on any atom is -0.464 e. The number of hydrogen-bond donors (Lipinski definition) is 2. The second kappa shape index (κ2) is 20.4. The first-order valence-electron chi connectivity index (χ1n) is 14.2. The summed E-state index contributed by atoms with van der Waals surface area (Å²) in [4.78, 5) is 15.4. The SMILES string of the molecule is CCCCC/C=C\C/C=C\C/C=C\CCCCCOCCCOC(=O)C(N)Cc1cc2ccccc2[nH]1. The van der Waals surface area contributed by atoms with Gasteiger partial charge in [-0.2, -0.15) is 0 Å². The van der Waals surface area contributed by atoms with E-state index in [1.54, 1.807) is 0 Å². The van der Waals surface area contributed by atoms with Crippen LogP contribution in [0.2, 0.25) is 0 Å². The fraction of sp³-hybridized carbons (Fsp3) is 0.531.